The maximum atomic E-state index is 13.7. The minimum absolute atomic E-state index is 0.0889. The van der Waals surface area contributed by atoms with E-state index in [4.69, 9.17) is 11.6 Å². The van der Waals surface area contributed by atoms with Gasteiger partial charge >= 0.3 is 0 Å². The van der Waals surface area contributed by atoms with Gasteiger partial charge in [0, 0.05) is 11.1 Å². The molecular formula is C22H15ClN6O4. The Kier molecular flexibility index (Phi) is 4.79. The topological polar surface area (TPSA) is 141 Å². The first kappa shape index (κ1) is 20.6. The Morgan fingerprint density at radius 1 is 0.970 bits per heavy atom. The number of aromatic nitrogens is 4. The number of hydrogen-bond donors (Lipinski definition) is 3. The number of imidazole rings is 1. The zero-order chi connectivity index (χ0) is 23.2. The molecule has 33 heavy (non-hydrogen) atoms. The van der Waals surface area contributed by atoms with E-state index in [-0.39, 0.29) is 28.2 Å². The molecule has 11 heteroatoms. The van der Waals surface area contributed by atoms with Crippen molar-refractivity contribution in [1.29, 1.82) is 0 Å². The van der Waals surface area contributed by atoms with Gasteiger partial charge in [-0.2, -0.15) is 4.98 Å². The molecule has 2 aromatic heterocycles. The highest BCUT2D eigenvalue weighted by Gasteiger charge is 2.70. The van der Waals surface area contributed by atoms with Crippen LogP contribution in [0.2, 0.25) is 0 Å². The van der Waals surface area contributed by atoms with Crippen LogP contribution in [0.5, 0.6) is 0 Å². The van der Waals surface area contributed by atoms with Crippen LogP contribution >= 0.6 is 11.6 Å². The first-order valence-corrected chi connectivity index (χ1v) is 10.3. The fourth-order valence-corrected chi connectivity index (χ4v) is 4.21. The predicted molar refractivity (Wildman–Crippen MR) is 119 cm³/mol. The second-order valence-electron chi connectivity index (χ2n) is 7.32. The van der Waals surface area contributed by atoms with E-state index in [0.717, 1.165) is 5.01 Å². The van der Waals surface area contributed by atoms with Gasteiger partial charge in [-0.25, -0.2) is 9.99 Å². The second kappa shape index (κ2) is 7.68. The summed E-state index contributed by atoms with van der Waals surface area (Å²) in [5.41, 5.74) is 0.556. The monoisotopic (exact) mass is 462 g/mol. The van der Waals surface area contributed by atoms with Gasteiger partial charge in [-0.1, -0.05) is 60.7 Å². The minimum Gasteiger partial charge on any atom is -0.339 e. The Hall–Kier alpha value is -4.31. The van der Waals surface area contributed by atoms with Crippen LogP contribution in [0.15, 0.2) is 71.8 Å². The summed E-state index contributed by atoms with van der Waals surface area (Å²) in [5, 5.41) is -0.655. The molecule has 2 aromatic carbocycles. The fraction of sp³-hybridized carbons (Fsp3) is 0.0909. The van der Waals surface area contributed by atoms with Crippen LogP contribution in [0.3, 0.4) is 0 Å². The number of H-pyrrole nitrogens is 2. The largest absolute Gasteiger partial charge is 0.339 e. The average molecular weight is 463 g/mol. The van der Waals surface area contributed by atoms with Crippen molar-refractivity contribution in [2.45, 2.75) is 10.9 Å². The lowest BCUT2D eigenvalue weighted by Crippen LogP contribution is -2.80. The van der Waals surface area contributed by atoms with Gasteiger partial charge < -0.3 is 4.98 Å². The first-order chi connectivity index (χ1) is 15.9. The number of anilines is 1. The molecule has 1 unspecified atom stereocenters. The molecule has 1 amide bonds. The molecule has 4 aromatic rings. The number of β-lactam (4-membered cyclic amide) rings is 1. The number of halogens is 1. The van der Waals surface area contributed by atoms with Gasteiger partial charge in [0.25, 0.3) is 11.5 Å². The van der Waals surface area contributed by atoms with Crippen LogP contribution in [0, 0.1) is 0 Å². The van der Waals surface area contributed by atoms with Gasteiger partial charge in [0.05, 0.1) is 6.33 Å². The van der Waals surface area contributed by atoms with Crippen LogP contribution in [-0.4, -0.2) is 53.3 Å². The lowest BCUT2D eigenvalue weighted by molar-refractivity contribution is -0.145. The summed E-state index contributed by atoms with van der Waals surface area (Å²) in [6, 6.07) is 16.1. The quantitative estimate of drug-likeness (QED) is 0.172. The van der Waals surface area contributed by atoms with Crippen LogP contribution in [0.4, 0.5) is 5.95 Å². The fourth-order valence-electron chi connectivity index (χ4n) is 3.81. The smallest absolute Gasteiger partial charge is 0.278 e. The van der Waals surface area contributed by atoms with Crippen molar-refractivity contribution >= 4 is 46.2 Å². The number of aromatic amines is 2. The standard InChI is InChI=1S/C22H15ClN6O4/c23-15-20(33)29(28-21-26-18-14(19(32)27-21)24-11-25-18)22(15,16(30)12-7-3-1-4-8-12)17(31)13-9-5-2-6-10-13/h1-11,15H,(H3,24,25,26,27,28,32). The number of ketones is 2. The Morgan fingerprint density at radius 2 is 1.55 bits per heavy atom. The second-order valence-corrected chi connectivity index (χ2v) is 7.76. The highest BCUT2D eigenvalue weighted by molar-refractivity contribution is 6.45. The lowest BCUT2D eigenvalue weighted by atomic mass is 9.73. The molecule has 1 fully saturated rings. The van der Waals surface area contributed by atoms with E-state index in [0.29, 0.717) is 0 Å². The van der Waals surface area contributed by atoms with Crippen LogP contribution in [0.25, 0.3) is 11.2 Å². The molecule has 0 spiro atoms. The number of alkyl halides is 1. The highest BCUT2D eigenvalue weighted by atomic mass is 35.5. The SMILES string of the molecule is O=C1C(Cl)C(C(=O)c2ccccc2)(C(=O)c2ccccc2)N1Nc1nc2nc[nH]c2c(=O)[nH]1. The summed E-state index contributed by atoms with van der Waals surface area (Å²) in [5.74, 6) is -2.25. The van der Waals surface area contributed by atoms with Crippen molar-refractivity contribution in [1.82, 2.24) is 24.9 Å². The highest BCUT2D eigenvalue weighted by Crippen LogP contribution is 2.41. The van der Waals surface area contributed by atoms with Crippen molar-refractivity contribution < 1.29 is 14.4 Å². The molecule has 5 rings (SSSR count). The van der Waals surface area contributed by atoms with Gasteiger partial charge in [0.15, 0.2) is 16.5 Å². The summed E-state index contributed by atoms with van der Waals surface area (Å²) in [4.78, 5) is 65.7. The third-order valence-electron chi connectivity index (χ3n) is 5.43. The molecule has 1 saturated heterocycles. The maximum absolute atomic E-state index is 13.7. The summed E-state index contributed by atoms with van der Waals surface area (Å²) in [7, 11) is 0. The summed E-state index contributed by atoms with van der Waals surface area (Å²) in [6.07, 6.45) is 1.29. The summed E-state index contributed by atoms with van der Waals surface area (Å²) < 4.78 is 0. The Labute approximate surface area is 190 Å². The maximum Gasteiger partial charge on any atom is 0.278 e. The number of Topliss-reactive ketones (excluding diaryl/α,β-unsaturated/α-hetero) is 2. The Bertz CT molecular complexity index is 1400. The Balaban J connectivity index is 1.64. The van der Waals surface area contributed by atoms with E-state index in [1.165, 1.54) is 30.6 Å². The van der Waals surface area contributed by atoms with Crippen molar-refractivity contribution in [3.8, 4) is 0 Å². The number of amides is 1. The number of carbonyl (C=O) groups excluding carboxylic acids is 3. The van der Waals surface area contributed by atoms with E-state index in [2.05, 4.69) is 25.4 Å². The molecule has 0 radical (unpaired) electrons. The van der Waals surface area contributed by atoms with Crippen LogP contribution < -0.4 is 11.0 Å². The molecular weight excluding hydrogens is 448 g/mol. The molecule has 3 N–H and O–H groups in total. The van der Waals surface area contributed by atoms with Crippen molar-refractivity contribution in [2.75, 3.05) is 5.43 Å². The zero-order valence-electron chi connectivity index (χ0n) is 16.8. The number of rotatable bonds is 6. The average Bonchev–Trinajstić information content (AvgIpc) is 3.33. The third-order valence-corrected chi connectivity index (χ3v) is 5.94. The molecule has 0 saturated carbocycles. The minimum atomic E-state index is -2.11. The van der Waals surface area contributed by atoms with Gasteiger partial charge in [-0.15, -0.1) is 11.6 Å². The lowest BCUT2D eigenvalue weighted by Gasteiger charge is -2.51. The first-order valence-electron chi connectivity index (χ1n) is 9.82. The number of hydrazine groups is 1. The van der Waals surface area contributed by atoms with E-state index in [1.807, 2.05) is 0 Å². The molecule has 1 atom stereocenters. The number of nitrogens with one attached hydrogen (secondary N) is 3. The molecule has 3 heterocycles. The van der Waals surface area contributed by atoms with E-state index in [9.17, 15) is 19.2 Å². The number of benzene rings is 2. The van der Waals surface area contributed by atoms with Crippen molar-refractivity contribution in [2.24, 2.45) is 0 Å². The molecule has 0 bridgehead atoms. The normalized spacial score (nSPS) is 16.9. The van der Waals surface area contributed by atoms with Crippen molar-refractivity contribution in [3.63, 3.8) is 0 Å². The molecule has 164 valence electrons. The molecule has 1 aliphatic rings. The van der Waals surface area contributed by atoms with E-state index in [1.54, 1.807) is 36.4 Å². The van der Waals surface area contributed by atoms with Gasteiger partial charge in [0.1, 0.15) is 0 Å². The molecule has 0 aliphatic carbocycles. The molecule has 10 nitrogen and oxygen atoms in total. The summed E-state index contributed by atoms with van der Waals surface area (Å²) >= 11 is 6.40. The number of nitrogens with zero attached hydrogens (tertiary/aromatic N) is 3. The van der Waals surface area contributed by atoms with Gasteiger partial charge in [-0.3, -0.25) is 29.6 Å². The van der Waals surface area contributed by atoms with Gasteiger partial charge in [0.2, 0.25) is 23.1 Å². The number of hydrogen-bond acceptors (Lipinski definition) is 7. The van der Waals surface area contributed by atoms with E-state index >= 15 is 0 Å². The van der Waals surface area contributed by atoms with Gasteiger partial charge in [-0.05, 0) is 0 Å². The third kappa shape index (κ3) is 3.03. The molecule has 1 aliphatic heterocycles. The van der Waals surface area contributed by atoms with Crippen molar-refractivity contribution in [3.05, 3.63) is 88.5 Å². The van der Waals surface area contributed by atoms with E-state index < -0.39 is 33.9 Å². The number of fused-ring (bicyclic) bond motifs is 1. The Morgan fingerprint density at radius 3 is 2.12 bits per heavy atom. The van der Waals surface area contributed by atoms with Crippen LogP contribution in [0.1, 0.15) is 20.7 Å². The summed E-state index contributed by atoms with van der Waals surface area (Å²) in [6.45, 7) is 0. The zero-order valence-corrected chi connectivity index (χ0v) is 17.5. The predicted octanol–water partition coefficient (Wildman–Crippen LogP) is 1.93. The van der Waals surface area contributed by atoms with Crippen LogP contribution in [-0.2, 0) is 4.79 Å². The number of carbonyl (C=O) groups is 3.